The van der Waals surface area contributed by atoms with Gasteiger partial charge in [0.05, 0.1) is 29.4 Å². The van der Waals surface area contributed by atoms with E-state index in [1.165, 1.54) is 0 Å². The summed E-state index contributed by atoms with van der Waals surface area (Å²) in [7, 11) is 1.90. The molecule has 0 radical (unpaired) electrons. The number of fused-ring (bicyclic) bond motifs is 1. The van der Waals surface area contributed by atoms with Crippen molar-refractivity contribution < 1.29 is 0 Å². The van der Waals surface area contributed by atoms with Crippen LogP contribution in [-0.4, -0.2) is 24.3 Å². The Kier molecular flexibility index (Phi) is 3.04. The lowest BCUT2D eigenvalue weighted by Crippen LogP contribution is -1.93. The first-order chi connectivity index (χ1) is 10.7. The number of hydrogen-bond acceptors (Lipinski definition) is 3. The van der Waals surface area contributed by atoms with Crippen LogP contribution in [-0.2, 0) is 7.05 Å². The first-order valence-corrected chi connectivity index (χ1v) is 7.58. The van der Waals surface area contributed by atoms with Gasteiger partial charge in [0.2, 0.25) is 0 Å². The Balaban J connectivity index is 1.86. The van der Waals surface area contributed by atoms with E-state index in [4.69, 9.17) is 0 Å². The Morgan fingerprint density at radius 3 is 2.82 bits per heavy atom. The minimum absolute atomic E-state index is 0.896. The van der Waals surface area contributed by atoms with Gasteiger partial charge in [-0.25, -0.2) is 4.98 Å². The molecule has 22 heavy (non-hydrogen) atoms. The summed E-state index contributed by atoms with van der Waals surface area (Å²) in [6.07, 6.45) is 9.40. The van der Waals surface area contributed by atoms with Crippen molar-refractivity contribution in [1.82, 2.24) is 24.3 Å². The molecule has 4 rings (SSSR count). The van der Waals surface area contributed by atoms with Crippen LogP contribution in [0.3, 0.4) is 0 Å². The summed E-state index contributed by atoms with van der Waals surface area (Å²) in [6.45, 7) is 0. The van der Waals surface area contributed by atoms with Gasteiger partial charge in [0.1, 0.15) is 0 Å². The number of halogens is 1. The van der Waals surface area contributed by atoms with Crippen LogP contribution < -0.4 is 0 Å². The highest BCUT2D eigenvalue weighted by Gasteiger charge is 2.09. The second-order valence-electron chi connectivity index (χ2n) is 5.03. The lowest BCUT2D eigenvalue weighted by Gasteiger charge is -2.07. The Labute approximate surface area is 135 Å². The highest BCUT2D eigenvalue weighted by atomic mass is 79.9. The van der Waals surface area contributed by atoms with Crippen LogP contribution in [0.2, 0.25) is 0 Å². The van der Waals surface area contributed by atoms with E-state index < -0.39 is 0 Å². The predicted octanol–water partition coefficient (Wildman–Crippen LogP) is 3.58. The molecule has 0 amide bonds. The van der Waals surface area contributed by atoms with E-state index in [1.807, 2.05) is 60.9 Å². The third-order valence-electron chi connectivity index (χ3n) is 3.56. The number of pyridine rings is 1. The Morgan fingerprint density at radius 1 is 1.09 bits per heavy atom. The van der Waals surface area contributed by atoms with E-state index >= 15 is 0 Å². The van der Waals surface area contributed by atoms with Crippen molar-refractivity contribution in [3.63, 3.8) is 0 Å². The number of aryl methyl sites for hydroxylation is 1. The van der Waals surface area contributed by atoms with E-state index in [9.17, 15) is 0 Å². The Morgan fingerprint density at radius 2 is 2.00 bits per heavy atom. The lowest BCUT2D eigenvalue weighted by molar-refractivity contribution is 0.768. The topological polar surface area (TPSA) is 48.5 Å². The maximum absolute atomic E-state index is 4.48. The first-order valence-electron chi connectivity index (χ1n) is 6.79. The van der Waals surface area contributed by atoms with Crippen molar-refractivity contribution in [3.05, 3.63) is 59.9 Å². The summed E-state index contributed by atoms with van der Waals surface area (Å²) in [5.74, 6) is 0. The standard InChI is InChI=1S/C16H12BrN5/c1-21-8-11(7-20-21)14-9-22(10-19-14)15-5-6-18-16-12(15)3-2-4-13(16)17/h2-10H,1H3. The van der Waals surface area contributed by atoms with Crippen molar-refractivity contribution in [2.24, 2.45) is 7.05 Å². The molecule has 3 heterocycles. The molecule has 0 saturated heterocycles. The largest absolute Gasteiger partial charge is 0.305 e. The molecular weight excluding hydrogens is 342 g/mol. The highest BCUT2D eigenvalue weighted by Crippen LogP contribution is 2.27. The maximum atomic E-state index is 4.48. The van der Waals surface area contributed by atoms with Gasteiger partial charge in [-0.05, 0) is 28.1 Å². The van der Waals surface area contributed by atoms with Crippen molar-refractivity contribution >= 4 is 26.8 Å². The van der Waals surface area contributed by atoms with Crippen molar-refractivity contribution in [2.45, 2.75) is 0 Å². The van der Waals surface area contributed by atoms with Gasteiger partial charge in [0.25, 0.3) is 0 Å². The molecule has 0 atom stereocenters. The number of para-hydroxylation sites is 1. The fourth-order valence-electron chi connectivity index (χ4n) is 2.51. The maximum Gasteiger partial charge on any atom is 0.0999 e. The smallest absolute Gasteiger partial charge is 0.0999 e. The summed E-state index contributed by atoms with van der Waals surface area (Å²) in [6, 6.07) is 8.06. The minimum atomic E-state index is 0.896. The molecule has 0 spiro atoms. The number of nitrogens with zero attached hydrogens (tertiary/aromatic N) is 5. The average molecular weight is 354 g/mol. The quantitative estimate of drug-likeness (QED) is 0.553. The fourth-order valence-corrected chi connectivity index (χ4v) is 2.98. The van der Waals surface area contributed by atoms with Crippen LogP contribution in [0.5, 0.6) is 0 Å². The normalized spacial score (nSPS) is 11.2. The molecule has 5 nitrogen and oxygen atoms in total. The Hall–Kier alpha value is -2.47. The third kappa shape index (κ3) is 2.12. The molecule has 4 aromatic rings. The number of aromatic nitrogens is 5. The third-order valence-corrected chi connectivity index (χ3v) is 4.20. The molecule has 6 heteroatoms. The molecule has 0 aliphatic carbocycles. The van der Waals surface area contributed by atoms with Crippen LogP contribution >= 0.6 is 15.9 Å². The van der Waals surface area contributed by atoms with E-state index in [2.05, 4.69) is 37.1 Å². The van der Waals surface area contributed by atoms with Gasteiger partial charge in [-0.1, -0.05) is 12.1 Å². The summed E-state index contributed by atoms with van der Waals surface area (Å²) in [4.78, 5) is 8.92. The molecular formula is C16H12BrN5. The SMILES string of the molecule is Cn1cc(-c2cn(-c3ccnc4c(Br)cccc34)cn2)cn1. The van der Waals surface area contributed by atoms with Crippen molar-refractivity contribution in [1.29, 1.82) is 0 Å². The second-order valence-corrected chi connectivity index (χ2v) is 5.89. The monoisotopic (exact) mass is 353 g/mol. The average Bonchev–Trinajstić information content (AvgIpc) is 3.16. The van der Waals surface area contributed by atoms with Gasteiger partial charge in [-0.3, -0.25) is 9.67 Å². The molecule has 108 valence electrons. The molecule has 0 saturated carbocycles. The molecule has 0 fully saturated rings. The van der Waals surface area contributed by atoms with Gasteiger partial charge >= 0.3 is 0 Å². The summed E-state index contributed by atoms with van der Waals surface area (Å²) in [5, 5.41) is 5.26. The van der Waals surface area contributed by atoms with Gasteiger partial charge < -0.3 is 4.57 Å². The summed E-state index contributed by atoms with van der Waals surface area (Å²) >= 11 is 3.55. The molecule has 3 aromatic heterocycles. The van der Waals surface area contributed by atoms with Crippen LogP contribution in [0.4, 0.5) is 0 Å². The highest BCUT2D eigenvalue weighted by molar-refractivity contribution is 9.10. The molecule has 0 N–H and O–H groups in total. The van der Waals surface area contributed by atoms with E-state index in [0.717, 1.165) is 32.3 Å². The van der Waals surface area contributed by atoms with Gasteiger partial charge in [-0.15, -0.1) is 0 Å². The zero-order valence-electron chi connectivity index (χ0n) is 11.8. The number of rotatable bonds is 2. The predicted molar refractivity (Wildman–Crippen MR) is 88.8 cm³/mol. The molecule has 1 aromatic carbocycles. The zero-order chi connectivity index (χ0) is 15.1. The van der Waals surface area contributed by atoms with Crippen LogP contribution in [0.25, 0.3) is 27.8 Å². The minimum Gasteiger partial charge on any atom is -0.305 e. The number of imidazole rings is 1. The first kappa shape index (κ1) is 13.2. The van der Waals surface area contributed by atoms with Crippen LogP contribution in [0.15, 0.2) is 59.9 Å². The van der Waals surface area contributed by atoms with E-state index in [1.54, 1.807) is 4.68 Å². The molecule has 0 unspecified atom stereocenters. The van der Waals surface area contributed by atoms with E-state index in [0.29, 0.717) is 0 Å². The lowest BCUT2D eigenvalue weighted by atomic mass is 10.2. The van der Waals surface area contributed by atoms with Crippen molar-refractivity contribution in [3.8, 4) is 16.9 Å². The Bertz CT molecular complexity index is 970. The van der Waals surface area contributed by atoms with Crippen LogP contribution in [0.1, 0.15) is 0 Å². The summed E-state index contributed by atoms with van der Waals surface area (Å²) < 4.78 is 4.77. The fraction of sp³-hybridized carbons (Fsp3) is 0.0625. The van der Waals surface area contributed by atoms with Crippen LogP contribution in [0, 0.1) is 0 Å². The van der Waals surface area contributed by atoms with Gasteiger partial charge in [0.15, 0.2) is 0 Å². The number of benzene rings is 1. The van der Waals surface area contributed by atoms with Gasteiger partial charge in [0, 0.05) is 41.1 Å². The van der Waals surface area contributed by atoms with E-state index in [-0.39, 0.29) is 0 Å². The number of hydrogen-bond donors (Lipinski definition) is 0. The molecule has 0 aliphatic rings. The molecule has 0 bridgehead atoms. The second kappa shape index (κ2) is 5.06. The summed E-state index contributed by atoms with van der Waals surface area (Å²) in [5.41, 5.74) is 3.89. The zero-order valence-corrected chi connectivity index (χ0v) is 13.4. The molecule has 0 aliphatic heterocycles. The van der Waals surface area contributed by atoms with Crippen molar-refractivity contribution in [2.75, 3.05) is 0 Å². The van der Waals surface area contributed by atoms with Gasteiger partial charge in [-0.2, -0.15) is 5.10 Å².